The van der Waals surface area contributed by atoms with E-state index in [2.05, 4.69) is 10.4 Å². The normalized spacial score (nSPS) is 18.4. The highest BCUT2D eigenvalue weighted by atomic mass is 32.2. The van der Waals surface area contributed by atoms with E-state index in [-0.39, 0.29) is 16.9 Å². The number of carbonyl (C=O) groups is 1. The van der Waals surface area contributed by atoms with Crippen LogP contribution < -0.4 is 14.8 Å². The van der Waals surface area contributed by atoms with Crippen LogP contribution in [0.25, 0.3) is 0 Å². The molecule has 1 fully saturated rings. The lowest BCUT2D eigenvalue weighted by atomic mass is 10.2. The van der Waals surface area contributed by atoms with Gasteiger partial charge in [0.15, 0.2) is 17.6 Å². The lowest BCUT2D eigenvalue weighted by molar-refractivity contribution is 0.0730. The number of sulfonamides is 1. The summed E-state index contributed by atoms with van der Waals surface area (Å²) in [5, 5.41) is 7.06. The Bertz CT molecular complexity index is 1270. The van der Waals surface area contributed by atoms with Crippen LogP contribution in [0.4, 0.5) is 5.69 Å². The minimum Gasteiger partial charge on any atom is -0.486 e. The van der Waals surface area contributed by atoms with Crippen LogP contribution in [0.5, 0.6) is 11.5 Å². The Labute approximate surface area is 197 Å². The summed E-state index contributed by atoms with van der Waals surface area (Å²) in [5.74, 6) is 1.05. The summed E-state index contributed by atoms with van der Waals surface area (Å²) in [7, 11) is -3.61. The molecule has 34 heavy (non-hydrogen) atoms. The van der Waals surface area contributed by atoms with Crippen molar-refractivity contribution < 1.29 is 27.4 Å². The Morgan fingerprint density at radius 1 is 1.06 bits per heavy atom. The highest BCUT2D eigenvalue weighted by molar-refractivity contribution is 7.89. The molecule has 1 aromatic heterocycles. The van der Waals surface area contributed by atoms with E-state index in [0.717, 1.165) is 5.75 Å². The first-order valence-electron chi connectivity index (χ1n) is 10.9. The molecule has 0 aliphatic carbocycles. The van der Waals surface area contributed by atoms with Crippen molar-refractivity contribution in [3.63, 3.8) is 0 Å². The van der Waals surface area contributed by atoms with Crippen molar-refractivity contribution in [2.45, 2.75) is 17.5 Å². The van der Waals surface area contributed by atoms with Crippen LogP contribution in [0, 0.1) is 0 Å². The average Bonchev–Trinajstić information content (AvgIpc) is 3.31. The highest BCUT2D eigenvalue weighted by Crippen LogP contribution is 2.31. The van der Waals surface area contributed by atoms with Gasteiger partial charge in [0.25, 0.3) is 5.91 Å². The summed E-state index contributed by atoms with van der Waals surface area (Å²) < 4.78 is 45.4. The fourth-order valence-electron chi connectivity index (χ4n) is 3.81. The second-order valence-electron chi connectivity index (χ2n) is 7.94. The van der Waals surface area contributed by atoms with Crippen molar-refractivity contribution in [1.29, 1.82) is 0 Å². The van der Waals surface area contributed by atoms with Crippen LogP contribution in [0.3, 0.4) is 0 Å². The van der Waals surface area contributed by atoms with Crippen LogP contribution in [0.15, 0.2) is 65.8 Å². The summed E-state index contributed by atoms with van der Waals surface area (Å²) in [6.07, 6.45) is 3.05. The molecule has 5 rings (SSSR count). The third kappa shape index (κ3) is 4.76. The topological polar surface area (TPSA) is 112 Å². The molecule has 0 saturated carbocycles. The number of anilines is 1. The SMILES string of the molecule is O=C(Nc1cnn(CC2COc3ccccc3O2)c1)c1ccc(S(=O)(=O)N2CCOCC2)cc1. The number of carbonyl (C=O) groups excluding carboxylic acids is 1. The second kappa shape index (κ2) is 9.45. The Morgan fingerprint density at radius 2 is 1.79 bits per heavy atom. The molecule has 1 N–H and O–H groups in total. The van der Waals surface area contributed by atoms with Gasteiger partial charge in [0.2, 0.25) is 10.0 Å². The van der Waals surface area contributed by atoms with E-state index in [1.807, 2.05) is 24.3 Å². The first-order chi connectivity index (χ1) is 16.5. The van der Waals surface area contributed by atoms with Crippen molar-refractivity contribution in [3.8, 4) is 11.5 Å². The monoisotopic (exact) mass is 484 g/mol. The summed E-state index contributed by atoms with van der Waals surface area (Å²) in [5.41, 5.74) is 0.862. The largest absolute Gasteiger partial charge is 0.486 e. The molecular formula is C23H24N4O6S. The molecule has 2 aromatic carbocycles. The number of benzene rings is 2. The predicted octanol–water partition coefficient (Wildman–Crippen LogP) is 2.00. The van der Waals surface area contributed by atoms with Crippen LogP contribution in [0.1, 0.15) is 10.4 Å². The third-order valence-electron chi connectivity index (χ3n) is 5.57. The predicted molar refractivity (Wildman–Crippen MR) is 123 cm³/mol. The van der Waals surface area contributed by atoms with Gasteiger partial charge in [0.1, 0.15) is 6.61 Å². The Morgan fingerprint density at radius 3 is 2.56 bits per heavy atom. The zero-order valence-corrected chi connectivity index (χ0v) is 19.1. The molecule has 0 radical (unpaired) electrons. The second-order valence-corrected chi connectivity index (χ2v) is 9.88. The quantitative estimate of drug-likeness (QED) is 0.570. The molecule has 0 bridgehead atoms. The van der Waals surface area contributed by atoms with E-state index < -0.39 is 10.0 Å². The molecule has 2 aliphatic heterocycles. The third-order valence-corrected chi connectivity index (χ3v) is 7.49. The smallest absolute Gasteiger partial charge is 0.255 e. The van der Waals surface area contributed by atoms with E-state index in [9.17, 15) is 13.2 Å². The first kappa shape index (κ1) is 22.4. The number of nitrogens with zero attached hydrogens (tertiary/aromatic N) is 3. The van der Waals surface area contributed by atoms with Crippen molar-refractivity contribution in [2.75, 3.05) is 38.2 Å². The van der Waals surface area contributed by atoms with E-state index in [1.165, 1.54) is 28.6 Å². The zero-order chi connectivity index (χ0) is 23.5. The number of aromatic nitrogens is 2. The maximum atomic E-state index is 12.7. The molecule has 11 heteroatoms. The molecule has 1 atom stereocenters. The standard InChI is InChI=1S/C23H24N4O6S/c28-23(17-5-7-20(8-6-17)34(29,30)27-9-11-31-12-10-27)25-18-13-24-26(14-18)15-19-16-32-21-3-1-2-4-22(21)33-19/h1-8,13-14,19H,9-12,15-16H2,(H,25,28). The minimum absolute atomic E-state index is 0.148. The molecule has 178 valence electrons. The van der Waals surface area contributed by atoms with Gasteiger partial charge >= 0.3 is 0 Å². The number of nitrogens with one attached hydrogen (secondary N) is 1. The maximum absolute atomic E-state index is 12.7. The molecule has 1 amide bonds. The van der Waals surface area contributed by atoms with E-state index in [4.69, 9.17) is 14.2 Å². The summed E-state index contributed by atoms with van der Waals surface area (Å²) in [6, 6.07) is 13.4. The van der Waals surface area contributed by atoms with Crippen molar-refractivity contribution in [3.05, 3.63) is 66.5 Å². The molecule has 0 spiro atoms. The fraction of sp³-hybridized carbons (Fsp3) is 0.304. The van der Waals surface area contributed by atoms with E-state index in [0.29, 0.717) is 56.5 Å². The van der Waals surface area contributed by atoms with Crippen LogP contribution >= 0.6 is 0 Å². The molecule has 3 heterocycles. The number of rotatable bonds is 6. The van der Waals surface area contributed by atoms with Gasteiger partial charge in [-0.15, -0.1) is 0 Å². The van der Waals surface area contributed by atoms with Gasteiger partial charge in [-0.25, -0.2) is 8.42 Å². The van der Waals surface area contributed by atoms with Crippen molar-refractivity contribution in [1.82, 2.24) is 14.1 Å². The summed E-state index contributed by atoms with van der Waals surface area (Å²) >= 11 is 0. The zero-order valence-electron chi connectivity index (χ0n) is 18.3. The molecule has 1 saturated heterocycles. The van der Waals surface area contributed by atoms with Gasteiger partial charge < -0.3 is 19.5 Å². The van der Waals surface area contributed by atoms with Crippen molar-refractivity contribution >= 4 is 21.6 Å². The average molecular weight is 485 g/mol. The lowest BCUT2D eigenvalue weighted by Crippen LogP contribution is -2.40. The van der Waals surface area contributed by atoms with Crippen LogP contribution in [0.2, 0.25) is 0 Å². The minimum atomic E-state index is -3.61. The Hall–Kier alpha value is -3.41. The summed E-state index contributed by atoms with van der Waals surface area (Å²) in [4.78, 5) is 12.8. The van der Waals surface area contributed by atoms with Gasteiger partial charge in [0.05, 0.1) is 36.5 Å². The Kier molecular flexibility index (Phi) is 6.22. The van der Waals surface area contributed by atoms with Crippen molar-refractivity contribution in [2.24, 2.45) is 0 Å². The molecule has 2 aliphatic rings. The van der Waals surface area contributed by atoms with Crippen LogP contribution in [-0.4, -0.2) is 67.4 Å². The molecular weight excluding hydrogens is 460 g/mol. The lowest BCUT2D eigenvalue weighted by Gasteiger charge is -2.26. The maximum Gasteiger partial charge on any atom is 0.255 e. The highest BCUT2D eigenvalue weighted by Gasteiger charge is 2.26. The Balaban J connectivity index is 1.19. The number of fused-ring (bicyclic) bond motifs is 1. The fourth-order valence-corrected chi connectivity index (χ4v) is 5.22. The van der Waals surface area contributed by atoms with Gasteiger partial charge in [-0.3, -0.25) is 9.48 Å². The van der Waals surface area contributed by atoms with E-state index >= 15 is 0 Å². The number of morpholine rings is 1. The number of ether oxygens (including phenoxy) is 3. The van der Waals surface area contributed by atoms with Gasteiger partial charge in [-0.1, -0.05) is 12.1 Å². The van der Waals surface area contributed by atoms with Gasteiger partial charge in [-0.2, -0.15) is 9.40 Å². The first-order valence-corrected chi connectivity index (χ1v) is 12.3. The molecule has 10 nitrogen and oxygen atoms in total. The van der Waals surface area contributed by atoms with Gasteiger partial charge in [-0.05, 0) is 36.4 Å². The summed E-state index contributed by atoms with van der Waals surface area (Å²) in [6.45, 7) is 2.25. The number of para-hydroxylation sites is 2. The molecule has 1 unspecified atom stereocenters. The number of hydrogen-bond acceptors (Lipinski definition) is 7. The van der Waals surface area contributed by atoms with Gasteiger partial charge in [0, 0.05) is 24.8 Å². The van der Waals surface area contributed by atoms with E-state index in [1.54, 1.807) is 17.1 Å². The molecule has 3 aromatic rings. The number of hydrogen-bond donors (Lipinski definition) is 1. The number of amides is 1. The van der Waals surface area contributed by atoms with Crippen LogP contribution in [-0.2, 0) is 21.3 Å².